The lowest BCUT2D eigenvalue weighted by Gasteiger charge is -2.14. The number of benzene rings is 1. The van der Waals surface area contributed by atoms with Crippen molar-refractivity contribution in [1.82, 2.24) is 9.88 Å². The van der Waals surface area contributed by atoms with Crippen molar-refractivity contribution >= 4 is 38.7 Å². The number of anilines is 2. The minimum Gasteiger partial charge on any atom is -0.354 e. The molecule has 1 aliphatic heterocycles. The third kappa shape index (κ3) is 2.94. The molecule has 0 aliphatic carbocycles. The Morgan fingerprint density at radius 3 is 2.67 bits per heavy atom. The number of nitrogens with zero attached hydrogens (tertiary/aromatic N) is 2. The van der Waals surface area contributed by atoms with E-state index in [1.54, 1.807) is 7.05 Å². The highest BCUT2D eigenvalue weighted by Gasteiger charge is 2.30. The van der Waals surface area contributed by atoms with E-state index in [1.807, 2.05) is 0 Å². The molecule has 0 saturated carbocycles. The molecule has 9 heteroatoms. The summed E-state index contributed by atoms with van der Waals surface area (Å²) in [5, 5.41) is 3.05. The maximum Gasteiger partial charge on any atom is 0.257 e. The smallest absolute Gasteiger partial charge is 0.257 e. The first-order chi connectivity index (χ1) is 11.2. The summed E-state index contributed by atoms with van der Waals surface area (Å²) in [6.07, 6.45) is 0.982. The maximum absolute atomic E-state index is 13.4. The van der Waals surface area contributed by atoms with Gasteiger partial charge in [0.15, 0.2) is 9.84 Å². The quantitative estimate of drug-likeness (QED) is 0.841. The Morgan fingerprint density at radius 2 is 2.00 bits per heavy atom. The molecule has 3 rings (SSSR count). The lowest BCUT2D eigenvalue weighted by Crippen LogP contribution is -2.18. The van der Waals surface area contributed by atoms with Gasteiger partial charge in [0.1, 0.15) is 11.0 Å². The van der Waals surface area contributed by atoms with Crippen molar-refractivity contribution in [2.75, 3.05) is 18.6 Å². The zero-order valence-electron chi connectivity index (χ0n) is 12.8. The molecule has 1 N–H and O–H groups in total. The molecule has 0 atom stereocenters. The summed E-state index contributed by atoms with van der Waals surface area (Å²) in [6.45, 7) is 0.311. The Morgan fingerprint density at radius 1 is 1.29 bits per heavy atom. The molecule has 0 saturated heterocycles. The van der Waals surface area contributed by atoms with Gasteiger partial charge in [-0.1, -0.05) is 11.6 Å². The van der Waals surface area contributed by atoms with Crippen molar-refractivity contribution in [3.05, 3.63) is 46.5 Å². The number of rotatable bonds is 3. The molecular formula is C15H13ClFN3O3S. The van der Waals surface area contributed by atoms with E-state index < -0.39 is 15.7 Å². The number of sulfone groups is 1. The average molecular weight is 370 g/mol. The third-order valence-corrected chi connectivity index (χ3v) is 4.95. The Kier molecular flexibility index (Phi) is 3.97. The zero-order chi connectivity index (χ0) is 17.6. The Bertz CT molecular complexity index is 963. The third-order valence-electron chi connectivity index (χ3n) is 3.62. The van der Waals surface area contributed by atoms with E-state index in [9.17, 15) is 17.6 Å². The number of nitrogens with one attached hydrogen (secondary N) is 1. The maximum atomic E-state index is 13.4. The highest BCUT2D eigenvalue weighted by Crippen LogP contribution is 2.33. The summed E-state index contributed by atoms with van der Waals surface area (Å²) in [7, 11) is -2.04. The molecule has 2 aromatic rings. The molecule has 24 heavy (non-hydrogen) atoms. The molecule has 1 amide bonds. The Hall–Kier alpha value is -2.19. The lowest BCUT2D eigenvalue weighted by atomic mass is 10.1. The number of aromatic nitrogens is 1. The van der Waals surface area contributed by atoms with Gasteiger partial charge in [-0.25, -0.2) is 17.8 Å². The van der Waals surface area contributed by atoms with Gasteiger partial charge in [-0.2, -0.15) is 0 Å². The minimum absolute atomic E-state index is 0.158. The number of hydrogen-bond donors (Lipinski definition) is 1. The summed E-state index contributed by atoms with van der Waals surface area (Å²) >= 11 is 5.99. The summed E-state index contributed by atoms with van der Waals surface area (Å²) in [6, 6.07) is 4.80. The van der Waals surface area contributed by atoms with Gasteiger partial charge >= 0.3 is 0 Å². The highest BCUT2D eigenvalue weighted by molar-refractivity contribution is 7.90. The fourth-order valence-corrected chi connectivity index (χ4v) is 3.61. The fourth-order valence-electron chi connectivity index (χ4n) is 2.55. The molecular weight excluding hydrogens is 357 g/mol. The van der Waals surface area contributed by atoms with E-state index in [1.165, 1.54) is 17.0 Å². The molecule has 1 aliphatic rings. The van der Waals surface area contributed by atoms with Crippen LogP contribution in [0, 0.1) is 5.82 Å². The summed E-state index contributed by atoms with van der Waals surface area (Å²) in [5.74, 6) is -0.922. The first kappa shape index (κ1) is 16.7. The predicted molar refractivity (Wildman–Crippen MR) is 87.8 cm³/mol. The summed E-state index contributed by atoms with van der Waals surface area (Å²) < 4.78 is 37.2. The van der Waals surface area contributed by atoms with Crippen LogP contribution in [-0.4, -0.2) is 37.5 Å². The van der Waals surface area contributed by atoms with Crippen molar-refractivity contribution < 1.29 is 17.6 Å². The van der Waals surface area contributed by atoms with Gasteiger partial charge < -0.3 is 10.2 Å². The molecule has 0 unspecified atom stereocenters. The van der Waals surface area contributed by atoms with E-state index in [-0.39, 0.29) is 21.6 Å². The predicted octanol–water partition coefficient (Wildman–Crippen LogP) is 2.61. The van der Waals surface area contributed by atoms with Crippen LogP contribution in [0.5, 0.6) is 0 Å². The highest BCUT2D eigenvalue weighted by atomic mass is 35.5. The molecule has 126 valence electrons. The molecule has 0 radical (unpaired) electrons. The second-order valence-corrected chi connectivity index (χ2v) is 7.88. The molecule has 0 bridgehead atoms. The largest absolute Gasteiger partial charge is 0.354 e. The van der Waals surface area contributed by atoms with E-state index in [2.05, 4.69) is 10.3 Å². The van der Waals surface area contributed by atoms with Crippen LogP contribution in [0.25, 0.3) is 0 Å². The number of fused-ring (bicyclic) bond motifs is 1. The molecule has 0 fully saturated rings. The molecule has 0 spiro atoms. The number of carbonyl (C=O) groups is 1. The Labute approximate surface area is 143 Å². The summed E-state index contributed by atoms with van der Waals surface area (Å²) in [5.41, 5.74) is 1.31. The van der Waals surface area contributed by atoms with Crippen LogP contribution in [-0.2, 0) is 16.4 Å². The van der Waals surface area contributed by atoms with E-state index in [4.69, 9.17) is 11.6 Å². The van der Waals surface area contributed by atoms with Crippen molar-refractivity contribution in [1.29, 1.82) is 0 Å². The first-order valence-corrected chi connectivity index (χ1v) is 9.15. The fraction of sp³-hybridized carbons (Fsp3) is 0.200. The summed E-state index contributed by atoms with van der Waals surface area (Å²) in [4.78, 5) is 17.7. The number of amides is 1. The second-order valence-electron chi connectivity index (χ2n) is 5.51. The topological polar surface area (TPSA) is 79.4 Å². The minimum atomic E-state index is -3.67. The van der Waals surface area contributed by atoms with E-state index >= 15 is 0 Å². The molecule has 1 aromatic carbocycles. The van der Waals surface area contributed by atoms with Crippen LogP contribution in [0.15, 0.2) is 29.2 Å². The van der Waals surface area contributed by atoms with Gasteiger partial charge in [0.25, 0.3) is 5.91 Å². The Balaban J connectivity index is 2.14. The number of pyridine rings is 1. The van der Waals surface area contributed by atoms with Crippen molar-refractivity contribution in [2.45, 2.75) is 11.4 Å². The molecule has 1 aromatic heterocycles. The zero-order valence-corrected chi connectivity index (χ0v) is 14.4. The van der Waals surface area contributed by atoms with Gasteiger partial charge in [-0.05, 0) is 24.3 Å². The van der Waals surface area contributed by atoms with Crippen LogP contribution in [0.1, 0.15) is 16.1 Å². The normalized spacial score (nSPS) is 14.0. The SMILES string of the molecule is CN1Cc2nc(Cl)cc(Nc3ccc(F)cc3S(C)(=O)=O)c2C1=O. The first-order valence-electron chi connectivity index (χ1n) is 6.88. The standard InChI is InChI=1S/C15H13ClFN3O3S/c1-20-7-11-14(15(20)21)10(6-13(16)19-11)18-9-4-3-8(17)5-12(9)24(2,22)23/h3-6H,7H2,1-2H3,(H,18,19). The number of hydrogen-bond acceptors (Lipinski definition) is 5. The van der Waals surface area contributed by atoms with E-state index in [0.717, 1.165) is 18.4 Å². The molecule has 2 heterocycles. The van der Waals surface area contributed by atoms with Crippen LogP contribution in [0.2, 0.25) is 5.15 Å². The number of halogens is 2. The van der Waals surface area contributed by atoms with Crippen molar-refractivity contribution in [2.24, 2.45) is 0 Å². The van der Waals surface area contributed by atoms with Crippen LogP contribution < -0.4 is 5.32 Å². The lowest BCUT2D eigenvalue weighted by molar-refractivity contribution is 0.0817. The van der Waals surface area contributed by atoms with Gasteiger partial charge in [0.2, 0.25) is 0 Å². The van der Waals surface area contributed by atoms with Crippen LogP contribution in [0.4, 0.5) is 15.8 Å². The molecule has 6 nitrogen and oxygen atoms in total. The number of carbonyl (C=O) groups excluding carboxylic acids is 1. The van der Waals surface area contributed by atoms with Gasteiger partial charge in [-0.15, -0.1) is 0 Å². The van der Waals surface area contributed by atoms with Crippen molar-refractivity contribution in [3.63, 3.8) is 0 Å². The van der Waals surface area contributed by atoms with E-state index in [0.29, 0.717) is 23.5 Å². The monoisotopic (exact) mass is 369 g/mol. The second kappa shape index (κ2) is 5.71. The van der Waals surface area contributed by atoms with Crippen LogP contribution in [0.3, 0.4) is 0 Å². The van der Waals surface area contributed by atoms with Crippen LogP contribution >= 0.6 is 11.6 Å². The van der Waals surface area contributed by atoms with Crippen molar-refractivity contribution in [3.8, 4) is 0 Å². The van der Waals surface area contributed by atoms with Gasteiger partial charge in [0, 0.05) is 13.3 Å². The average Bonchev–Trinajstić information content (AvgIpc) is 2.74. The van der Waals surface area contributed by atoms with Gasteiger partial charge in [0.05, 0.1) is 34.1 Å². The van der Waals surface area contributed by atoms with Gasteiger partial charge in [-0.3, -0.25) is 4.79 Å².